The smallest absolute Gasteiger partial charge is 0.258 e. The molecule has 0 aliphatic carbocycles. The molecule has 0 atom stereocenters. The van der Waals surface area contributed by atoms with E-state index >= 15 is 0 Å². The Labute approximate surface area is 236 Å². The van der Waals surface area contributed by atoms with Crippen molar-refractivity contribution in [3.05, 3.63) is 53.1 Å². The van der Waals surface area contributed by atoms with Gasteiger partial charge in [-0.3, -0.25) is 9.69 Å². The molecule has 38 heavy (non-hydrogen) atoms. The fourth-order valence-electron chi connectivity index (χ4n) is 4.58. The molecule has 0 saturated carbocycles. The highest BCUT2D eigenvalue weighted by Crippen LogP contribution is 2.29. The van der Waals surface area contributed by atoms with Crippen LogP contribution in [-0.4, -0.2) is 80.8 Å². The topological polar surface area (TPSA) is 116 Å². The number of likely N-dealkylation sites (tertiary alicyclic amines) is 1. The first-order valence-electron chi connectivity index (χ1n) is 12.6. The van der Waals surface area contributed by atoms with Crippen molar-refractivity contribution in [2.24, 2.45) is 0 Å². The second-order valence-electron chi connectivity index (χ2n) is 9.62. The summed E-state index contributed by atoms with van der Waals surface area (Å²) in [6.45, 7) is 6.70. The molecule has 3 aromatic rings. The second-order valence-corrected chi connectivity index (χ2v) is 9.62. The minimum absolute atomic E-state index is 0.0340. The number of aliphatic hydroxyl groups is 1. The van der Waals surface area contributed by atoms with Gasteiger partial charge in [0, 0.05) is 37.3 Å². The Hall–Kier alpha value is -3.01. The van der Waals surface area contributed by atoms with Crippen LogP contribution in [0.3, 0.4) is 0 Å². The quantitative estimate of drug-likeness (QED) is 0.324. The number of fused-ring (bicyclic) bond motifs is 1. The van der Waals surface area contributed by atoms with Gasteiger partial charge in [-0.25, -0.2) is 0 Å². The molecule has 1 saturated heterocycles. The van der Waals surface area contributed by atoms with Gasteiger partial charge in [-0.15, -0.1) is 0 Å². The normalized spacial score (nSPS) is 15.6. The molecule has 2 aliphatic heterocycles. The maximum Gasteiger partial charge on any atom is 0.258 e. The van der Waals surface area contributed by atoms with Gasteiger partial charge in [-0.2, -0.15) is 10.2 Å². The molecule has 0 spiro atoms. The number of carbonyl (C=O) groups excluding carboxylic acids is 1. The summed E-state index contributed by atoms with van der Waals surface area (Å²) in [4.78, 5) is 22.8. The Morgan fingerprint density at radius 3 is 2.55 bits per heavy atom. The van der Waals surface area contributed by atoms with Crippen molar-refractivity contribution in [1.29, 1.82) is 5.26 Å². The van der Waals surface area contributed by atoms with E-state index in [1.807, 2.05) is 30.9 Å². The van der Waals surface area contributed by atoms with E-state index in [1.165, 1.54) is 11.1 Å². The molecular formula is C28H32IN5O4. The fourth-order valence-corrected chi connectivity index (χ4v) is 4.58. The number of ether oxygens (including phenoxy) is 1. The third-order valence-electron chi connectivity index (χ3n) is 6.57. The highest BCUT2D eigenvalue weighted by Gasteiger charge is 2.30. The van der Waals surface area contributed by atoms with Crippen molar-refractivity contribution in [3.8, 4) is 34.7 Å². The highest BCUT2D eigenvalue weighted by molar-refractivity contribution is 14.1. The predicted octanol–water partition coefficient (Wildman–Crippen LogP) is 3.72. The first-order valence-corrected chi connectivity index (χ1v) is 14.8. The van der Waals surface area contributed by atoms with E-state index in [4.69, 9.17) is 9.26 Å². The lowest BCUT2D eigenvalue weighted by molar-refractivity contribution is -0.142. The molecule has 10 heteroatoms. The van der Waals surface area contributed by atoms with E-state index in [2.05, 4.69) is 55.8 Å². The van der Waals surface area contributed by atoms with E-state index < -0.39 is 0 Å². The van der Waals surface area contributed by atoms with Crippen LogP contribution in [0.25, 0.3) is 22.8 Å². The fraction of sp³-hybridized carbons (Fsp3) is 0.429. The predicted molar refractivity (Wildman–Crippen MR) is 152 cm³/mol. The summed E-state index contributed by atoms with van der Waals surface area (Å²) in [5, 5.41) is 23.1. The van der Waals surface area contributed by atoms with Gasteiger partial charge in [-0.05, 0) is 67.0 Å². The van der Waals surface area contributed by atoms with E-state index in [-0.39, 0.29) is 18.1 Å². The molecule has 5 rings (SSSR count). The highest BCUT2D eigenvalue weighted by atomic mass is 127. The van der Waals surface area contributed by atoms with Crippen LogP contribution in [0.1, 0.15) is 30.5 Å². The number of benzene rings is 2. The number of aliphatic hydroxyl groups excluding tert-OH is 1. The van der Waals surface area contributed by atoms with Crippen LogP contribution in [0.15, 0.2) is 40.9 Å². The van der Waals surface area contributed by atoms with Crippen LogP contribution in [0.4, 0.5) is 0 Å². The molecule has 1 fully saturated rings. The van der Waals surface area contributed by atoms with Crippen molar-refractivity contribution in [3.63, 3.8) is 0 Å². The third kappa shape index (κ3) is 6.51. The Kier molecular flexibility index (Phi) is 9.35. The summed E-state index contributed by atoms with van der Waals surface area (Å²) >= 11 is 2.15. The lowest BCUT2D eigenvalue weighted by Gasteiger charge is -2.37. The van der Waals surface area contributed by atoms with E-state index in [9.17, 15) is 15.2 Å². The van der Waals surface area contributed by atoms with E-state index in [1.54, 1.807) is 17.0 Å². The number of carbonyl (C=O) groups is 1. The van der Waals surface area contributed by atoms with Crippen molar-refractivity contribution < 1.29 is 19.2 Å². The molecule has 0 unspecified atom stereocenters. The molecule has 1 amide bonds. The van der Waals surface area contributed by atoms with Crippen molar-refractivity contribution >= 4 is 28.5 Å². The van der Waals surface area contributed by atoms with Crippen LogP contribution in [0.5, 0.6) is 5.75 Å². The molecule has 3 heterocycles. The van der Waals surface area contributed by atoms with Crippen LogP contribution in [0, 0.1) is 11.3 Å². The summed E-state index contributed by atoms with van der Waals surface area (Å²) in [5.74, 6) is 1.43. The Morgan fingerprint density at radius 2 is 1.87 bits per heavy atom. The van der Waals surface area contributed by atoms with Gasteiger partial charge in [-0.1, -0.05) is 39.9 Å². The molecule has 0 bridgehead atoms. The first-order chi connectivity index (χ1) is 18.4. The molecular weight excluding hydrogens is 597 g/mol. The number of nitriles is 1. The van der Waals surface area contributed by atoms with Gasteiger partial charge in [0.2, 0.25) is 11.7 Å². The number of halogens is 1. The van der Waals surface area contributed by atoms with Gasteiger partial charge in [0.15, 0.2) is 0 Å². The van der Waals surface area contributed by atoms with Gasteiger partial charge in [0.25, 0.3) is 5.89 Å². The van der Waals surface area contributed by atoms with Crippen molar-refractivity contribution in [2.45, 2.75) is 38.9 Å². The van der Waals surface area contributed by atoms with Crippen LogP contribution in [-0.2, 0) is 17.6 Å². The monoisotopic (exact) mass is 629 g/mol. The zero-order valence-corrected chi connectivity index (χ0v) is 24.0. The van der Waals surface area contributed by atoms with E-state index in [0.29, 0.717) is 48.2 Å². The number of hydrogen-bond acceptors (Lipinski definition) is 8. The summed E-state index contributed by atoms with van der Waals surface area (Å²) in [7, 11) is 0. The van der Waals surface area contributed by atoms with Crippen LogP contribution in [0.2, 0.25) is 0 Å². The molecule has 9 nitrogen and oxygen atoms in total. The Morgan fingerprint density at radius 1 is 1.16 bits per heavy atom. The minimum Gasteiger partial charge on any atom is -0.490 e. The lowest BCUT2D eigenvalue weighted by Crippen LogP contribution is -2.56. The number of nitrogens with zero attached hydrogens (tertiary/aromatic N) is 5. The number of hydrogen-bond donors (Lipinski definition) is 1. The van der Waals surface area contributed by atoms with E-state index in [0.717, 1.165) is 31.5 Å². The van der Waals surface area contributed by atoms with Crippen LogP contribution < -0.4 is 4.74 Å². The van der Waals surface area contributed by atoms with Crippen molar-refractivity contribution in [1.82, 2.24) is 19.9 Å². The molecule has 200 valence electrons. The number of amides is 1. The number of rotatable bonds is 6. The molecule has 1 N–H and O–H groups in total. The number of alkyl halides is 1. The largest absolute Gasteiger partial charge is 0.490 e. The SMILES string of the molecule is CC(C)Oc1ccc(-c2nc(-c3ccc4c(c3)CCN(CC(=O)N3CC(O)C3)CC4)no2)cc1C#N.CI. The summed E-state index contributed by atoms with van der Waals surface area (Å²) in [6, 6.07) is 13.6. The van der Waals surface area contributed by atoms with Gasteiger partial charge in [0.1, 0.15) is 11.8 Å². The maximum absolute atomic E-state index is 12.4. The molecule has 2 aromatic carbocycles. The maximum atomic E-state index is 12.4. The first kappa shape index (κ1) is 28.0. The Balaban J connectivity index is 0.00000164. The average Bonchev–Trinajstić information content (AvgIpc) is 3.31. The lowest BCUT2D eigenvalue weighted by atomic mass is 10.00. The van der Waals surface area contributed by atoms with Gasteiger partial charge < -0.3 is 19.3 Å². The van der Waals surface area contributed by atoms with Crippen molar-refractivity contribution in [2.75, 3.05) is 37.7 Å². The summed E-state index contributed by atoms with van der Waals surface area (Å²) in [6.07, 6.45) is 1.28. The average molecular weight is 629 g/mol. The van der Waals surface area contributed by atoms with Crippen LogP contribution >= 0.6 is 22.6 Å². The van der Waals surface area contributed by atoms with Gasteiger partial charge in [0.05, 0.1) is 24.3 Å². The minimum atomic E-state index is -0.377. The zero-order chi connectivity index (χ0) is 27.2. The van der Waals surface area contributed by atoms with Gasteiger partial charge >= 0.3 is 0 Å². The molecule has 2 aliphatic rings. The third-order valence-corrected chi connectivity index (χ3v) is 6.57. The standard InChI is InChI=1S/C27H29N5O4.CH3I/c1-17(2)35-24-6-5-21(12-22(24)13-28)27-29-26(30-36-27)20-4-3-18-7-9-31(10-8-19(18)11-20)16-25(34)32-14-23(33)15-32;1-2/h3-6,11-12,17,23,33H,7-10,14-16H2,1-2H3;1H3. The number of aromatic nitrogens is 2. The zero-order valence-electron chi connectivity index (χ0n) is 21.9. The summed E-state index contributed by atoms with van der Waals surface area (Å²) < 4.78 is 11.2. The number of β-amino-alcohol motifs (C(OH)–C–C–N with tert-alkyl or cyclic N) is 1. The second kappa shape index (κ2) is 12.7. The molecule has 0 radical (unpaired) electrons. The summed E-state index contributed by atoms with van der Waals surface area (Å²) in [5.41, 5.74) is 4.42. The Bertz CT molecular complexity index is 1310. The molecule has 1 aromatic heterocycles.